The summed E-state index contributed by atoms with van der Waals surface area (Å²) >= 11 is 0. The monoisotopic (exact) mass is 344 g/mol. The van der Waals surface area contributed by atoms with Crippen LogP contribution in [0.5, 0.6) is 0 Å². The molecule has 2 aromatic carbocycles. The minimum Gasteiger partial charge on any atom is -0.381 e. The molecule has 0 saturated carbocycles. The number of hydrogen-bond donors (Lipinski definition) is 1. The number of rotatable bonds is 6. The third kappa shape index (κ3) is 5.74. The van der Waals surface area contributed by atoms with Gasteiger partial charge in [0.15, 0.2) is 0 Å². The molecule has 0 aliphatic carbocycles. The summed E-state index contributed by atoms with van der Waals surface area (Å²) in [6.07, 6.45) is 0. The largest absolute Gasteiger partial charge is 0.381 e. The number of halogens is 3. The van der Waals surface area contributed by atoms with E-state index in [-0.39, 0.29) is 30.6 Å². The van der Waals surface area contributed by atoms with E-state index in [0.29, 0.717) is 0 Å². The first-order chi connectivity index (χ1) is 9.72. The third-order valence-electron chi connectivity index (χ3n) is 3.41. The lowest BCUT2D eigenvalue weighted by Crippen LogP contribution is -2.21. The molecular formula is C17H23Cl2FN2. The second kappa shape index (κ2) is 10.3. The summed E-state index contributed by atoms with van der Waals surface area (Å²) in [5.41, 5.74) is 3.39. The molecule has 0 atom stereocenters. The quantitative estimate of drug-likeness (QED) is 0.781. The molecule has 0 amide bonds. The van der Waals surface area contributed by atoms with Gasteiger partial charge in [0.2, 0.25) is 0 Å². The third-order valence-corrected chi connectivity index (χ3v) is 3.41. The normalized spacial score (nSPS) is 9.41. The Morgan fingerprint density at radius 3 is 1.91 bits per heavy atom. The van der Waals surface area contributed by atoms with Gasteiger partial charge in [0.1, 0.15) is 5.82 Å². The second-order valence-electron chi connectivity index (χ2n) is 4.70. The van der Waals surface area contributed by atoms with Crippen LogP contribution in [0, 0.1) is 5.82 Å². The molecule has 2 nitrogen and oxygen atoms in total. The van der Waals surface area contributed by atoms with Crippen molar-refractivity contribution < 1.29 is 4.39 Å². The van der Waals surface area contributed by atoms with Crippen molar-refractivity contribution in [3.8, 4) is 0 Å². The van der Waals surface area contributed by atoms with E-state index in [0.717, 1.165) is 25.3 Å². The van der Waals surface area contributed by atoms with E-state index in [2.05, 4.69) is 48.3 Å². The molecule has 0 spiro atoms. The standard InChI is InChI=1S/C17H21FN2.2ClH/c1-3-20(4-2)17-11-5-14(6-12-17)13-19-16-9-7-15(18)8-10-16;;/h5-12,19H,3-4,13H2,1-2H3;2*1H. The highest BCUT2D eigenvalue weighted by Crippen LogP contribution is 2.16. The summed E-state index contributed by atoms with van der Waals surface area (Å²) in [6.45, 7) is 7.10. The van der Waals surface area contributed by atoms with E-state index in [4.69, 9.17) is 0 Å². The number of nitrogens with zero attached hydrogens (tertiary/aromatic N) is 1. The molecule has 0 saturated heterocycles. The molecule has 0 fully saturated rings. The van der Waals surface area contributed by atoms with Crippen molar-refractivity contribution >= 4 is 36.2 Å². The Bertz CT molecular complexity index is 525. The zero-order valence-electron chi connectivity index (χ0n) is 12.9. The maximum absolute atomic E-state index is 12.8. The van der Waals surface area contributed by atoms with E-state index in [1.54, 1.807) is 12.1 Å². The minimum absolute atomic E-state index is 0. The lowest BCUT2D eigenvalue weighted by Gasteiger charge is -2.21. The summed E-state index contributed by atoms with van der Waals surface area (Å²) < 4.78 is 12.8. The summed E-state index contributed by atoms with van der Waals surface area (Å²) in [5.74, 6) is -0.209. The first-order valence-electron chi connectivity index (χ1n) is 7.06. The van der Waals surface area contributed by atoms with Gasteiger partial charge in [-0.05, 0) is 55.8 Å². The fraction of sp³-hybridized carbons (Fsp3) is 0.294. The van der Waals surface area contributed by atoms with E-state index >= 15 is 0 Å². The van der Waals surface area contributed by atoms with Crippen LogP contribution in [-0.2, 0) is 6.54 Å². The van der Waals surface area contributed by atoms with Gasteiger partial charge >= 0.3 is 0 Å². The van der Waals surface area contributed by atoms with Gasteiger partial charge in [-0.1, -0.05) is 12.1 Å². The smallest absolute Gasteiger partial charge is 0.123 e. The number of hydrogen-bond acceptors (Lipinski definition) is 2. The van der Waals surface area contributed by atoms with Crippen molar-refractivity contribution in [1.29, 1.82) is 0 Å². The maximum Gasteiger partial charge on any atom is 0.123 e. The predicted molar refractivity (Wildman–Crippen MR) is 98.2 cm³/mol. The minimum atomic E-state index is -0.209. The van der Waals surface area contributed by atoms with Crippen molar-refractivity contribution in [2.45, 2.75) is 20.4 Å². The molecule has 0 bridgehead atoms. The van der Waals surface area contributed by atoms with E-state index in [1.807, 2.05) is 0 Å². The van der Waals surface area contributed by atoms with Crippen LogP contribution in [0.15, 0.2) is 48.5 Å². The molecule has 0 unspecified atom stereocenters. The van der Waals surface area contributed by atoms with Gasteiger partial charge in [-0.25, -0.2) is 4.39 Å². The zero-order chi connectivity index (χ0) is 14.4. The van der Waals surface area contributed by atoms with Crippen LogP contribution in [0.25, 0.3) is 0 Å². The van der Waals surface area contributed by atoms with Crippen LogP contribution in [0.2, 0.25) is 0 Å². The molecule has 1 N–H and O–H groups in total. The molecule has 2 aromatic rings. The molecule has 122 valence electrons. The Hall–Kier alpha value is -1.45. The number of benzene rings is 2. The summed E-state index contributed by atoms with van der Waals surface area (Å²) in [7, 11) is 0. The van der Waals surface area contributed by atoms with Gasteiger partial charge in [-0.15, -0.1) is 24.8 Å². The summed E-state index contributed by atoms with van der Waals surface area (Å²) in [6, 6.07) is 15.0. The van der Waals surface area contributed by atoms with Crippen molar-refractivity contribution in [3.05, 3.63) is 59.9 Å². The molecule has 0 aliphatic heterocycles. The molecule has 0 radical (unpaired) electrons. The van der Waals surface area contributed by atoms with E-state index < -0.39 is 0 Å². The van der Waals surface area contributed by atoms with Crippen LogP contribution >= 0.6 is 24.8 Å². The number of nitrogens with one attached hydrogen (secondary N) is 1. The van der Waals surface area contributed by atoms with E-state index in [9.17, 15) is 4.39 Å². The van der Waals surface area contributed by atoms with Gasteiger partial charge in [-0.2, -0.15) is 0 Å². The summed E-state index contributed by atoms with van der Waals surface area (Å²) in [4.78, 5) is 2.32. The predicted octanol–water partition coefficient (Wildman–Crippen LogP) is 5.13. The highest BCUT2D eigenvalue weighted by Gasteiger charge is 2.01. The highest BCUT2D eigenvalue weighted by atomic mass is 35.5. The first kappa shape index (κ1) is 20.6. The molecule has 22 heavy (non-hydrogen) atoms. The van der Waals surface area contributed by atoms with Crippen molar-refractivity contribution in [3.63, 3.8) is 0 Å². The Morgan fingerprint density at radius 1 is 0.864 bits per heavy atom. The van der Waals surface area contributed by atoms with Gasteiger partial charge in [0.05, 0.1) is 0 Å². The van der Waals surface area contributed by atoms with Crippen molar-refractivity contribution in [1.82, 2.24) is 0 Å². The molecular weight excluding hydrogens is 322 g/mol. The van der Waals surface area contributed by atoms with Crippen LogP contribution in [0.3, 0.4) is 0 Å². The van der Waals surface area contributed by atoms with Crippen LogP contribution < -0.4 is 10.2 Å². The molecule has 0 aromatic heterocycles. The molecule has 0 heterocycles. The SMILES string of the molecule is CCN(CC)c1ccc(CNc2ccc(F)cc2)cc1.Cl.Cl. The second-order valence-corrected chi connectivity index (χ2v) is 4.70. The average molecular weight is 345 g/mol. The maximum atomic E-state index is 12.8. The topological polar surface area (TPSA) is 15.3 Å². The lowest BCUT2D eigenvalue weighted by atomic mass is 10.2. The van der Waals surface area contributed by atoms with Crippen LogP contribution in [-0.4, -0.2) is 13.1 Å². The van der Waals surface area contributed by atoms with Crippen LogP contribution in [0.4, 0.5) is 15.8 Å². The van der Waals surface area contributed by atoms with Crippen molar-refractivity contribution in [2.75, 3.05) is 23.3 Å². The summed E-state index contributed by atoms with van der Waals surface area (Å²) in [5, 5.41) is 3.28. The first-order valence-corrected chi connectivity index (χ1v) is 7.06. The van der Waals surface area contributed by atoms with Gasteiger partial charge < -0.3 is 10.2 Å². The fourth-order valence-corrected chi connectivity index (χ4v) is 2.19. The fourth-order valence-electron chi connectivity index (χ4n) is 2.19. The number of anilines is 2. The van der Waals surface area contributed by atoms with Gasteiger partial charge in [0, 0.05) is 31.0 Å². The Morgan fingerprint density at radius 2 is 1.41 bits per heavy atom. The average Bonchev–Trinajstić information content (AvgIpc) is 2.49. The zero-order valence-corrected chi connectivity index (χ0v) is 14.5. The highest BCUT2D eigenvalue weighted by molar-refractivity contribution is 5.85. The Labute approximate surface area is 144 Å². The lowest BCUT2D eigenvalue weighted by molar-refractivity contribution is 0.628. The molecule has 2 rings (SSSR count). The van der Waals surface area contributed by atoms with Crippen molar-refractivity contribution in [2.24, 2.45) is 0 Å². The molecule has 0 aliphatic rings. The Kier molecular flexibility index (Phi) is 9.63. The van der Waals surface area contributed by atoms with Gasteiger partial charge in [-0.3, -0.25) is 0 Å². The van der Waals surface area contributed by atoms with Crippen LogP contribution in [0.1, 0.15) is 19.4 Å². The van der Waals surface area contributed by atoms with Gasteiger partial charge in [0.25, 0.3) is 0 Å². The Balaban J connectivity index is 0.00000220. The molecule has 5 heteroatoms. The van der Waals surface area contributed by atoms with E-state index in [1.165, 1.54) is 23.4 Å².